The van der Waals surface area contributed by atoms with E-state index in [1.165, 1.54) is 6.92 Å². The van der Waals surface area contributed by atoms with Gasteiger partial charge >= 0.3 is 5.97 Å². The molecule has 0 aromatic heterocycles. The lowest BCUT2D eigenvalue weighted by atomic mass is 10.1. The summed E-state index contributed by atoms with van der Waals surface area (Å²) in [4.78, 5) is 10.5. The monoisotopic (exact) mass is 187 g/mol. The zero-order valence-corrected chi connectivity index (χ0v) is 9.09. The lowest BCUT2D eigenvalue weighted by molar-refractivity contribution is -0.145. The summed E-state index contributed by atoms with van der Waals surface area (Å²) in [7, 11) is 0. The minimum atomic E-state index is -0.210. The highest BCUT2D eigenvalue weighted by Crippen LogP contribution is 1.96. The third-order valence-electron chi connectivity index (χ3n) is 1.70. The number of hydrogen-bond donors (Lipinski definition) is 1. The van der Waals surface area contributed by atoms with Crippen LogP contribution >= 0.6 is 0 Å². The van der Waals surface area contributed by atoms with Crippen LogP contribution in [0.5, 0.6) is 0 Å². The van der Waals surface area contributed by atoms with Crippen molar-refractivity contribution in [3.05, 3.63) is 0 Å². The maximum atomic E-state index is 10.5. The van der Waals surface area contributed by atoms with Crippen molar-refractivity contribution in [1.29, 1.82) is 0 Å². The van der Waals surface area contributed by atoms with E-state index in [1.807, 2.05) is 6.92 Å². The average Bonchev–Trinajstić information content (AvgIpc) is 1.96. The fourth-order valence-electron chi connectivity index (χ4n) is 1.02. The topological polar surface area (TPSA) is 38.3 Å². The second-order valence-electron chi connectivity index (χ2n) is 3.81. The molecule has 0 aromatic rings. The van der Waals surface area contributed by atoms with Gasteiger partial charge < -0.3 is 10.1 Å². The van der Waals surface area contributed by atoms with Crippen molar-refractivity contribution in [2.45, 2.75) is 40.2 Å². The van der Waals surface area contributed by atoms with Gasteiger partial charge in [0, 0.05) is 13.5 Å². The normalized spacial score (nSPS) is 13.0. The predicted molar refractivity (Wildman–Crippen MR) is 53.6 cm³/mol. The number of carbonyl (C=O) groups is 1. The third kappa shape index (κ3) is 9.34. The van der Waals surface area contributed by atoms with Gasteiger partial charge in [-0.3, -0.25) is 4.79 Å². The minimum Gasteiger partial charge on any atom is -0.462 e. The van der Waals surface area contributed by atoms with Crippen LogP contribution in [0.1, 0.15) is 34.1 Å². The van der Waals surface area contributed by atoms with Crippen molar-refractivity contribution in [2.24, 2.45) is 5.92 Å². The highest BCUT2D eigenvalue weighted by molar-refractivity contribution is 5.66. The Morgan fingerprint density at radius 2 is 2.00 bits per heavy atom. The molecule has 0 aliphatic heterocycles. The van der Waals surface area contributed by atoms with Gasteiger partial charge in [-0.05, 0) is 25.8 Å². The molecule has 0 amide bonds. The molecule has 1 atom stereocenters. The molecule has 0 fully saturated rings. The van der Waals surface area contributed by atoms with Crippen molar-refractivity contribution in [3.63, 3.8) is 0 Å². The average molecular weight is 187 g/mol. The van der Waals surface area contributed by atoms with Crippen molar-refractivity contribution >= 4 is 5.97 Å². The molecule has 13 heavy (non-hydrogen) atoms. The zero-order chi connectivity index (χ0) is 10.3. The van der Waals surface area contributed by atoms with Crippen LogP contribution in [0, 0.1) is 5.92 Å². The molecular formula is C10H21NO2. The maximum absolute atomic E-state index is 10.5. The van der Waals surface area contributed by atoms with Crippen LogP contribution in [0.2, 0.25) is 0 Å². The van der Waals surface area contributed by atoms with Crippen molar-refractivity contribution in [1.82, 2.24) is 5.32 Å². The van der Waals surface area contributed by atoms with Gasteiger partial charge in [-0.2, -0.15) is 0 Å². The van der Waals surface area contributed by atoms with Gasteiger partial charge in [-0.1, -0.05) is 13.8 Å². The van der Waals surface area contributed by atoms with Gasteiger partial charge in [0.15, 0.2) is 0 Å². The fourth-order valence-corrected chi connectivity index (χ4v) is 1.02. The largest absolute Gasteiger partial charge is 0.462 e. The summed E-state index contributed by atoms with van der Waals surface area (Å²) in [6.45, 7) is 9.44. The van der Waals surface area contributed by atoms with Crippen LogP contribution < -0.4 is 5.32 Å². The molecule has 0 aromatic carbocycles. The number of ether oxygens (including phenoxy) is 1. The van der Waals surface area contributed by atoms with E-state index in [-0.39, 0.29) is 12.1 Å². The maximum Gasteiger partial charge on any atom is 0.302 e. The number of esters is 1. The summed E-state index contributed by atoms with van der Waals surface area (Å²) in [6, 6.07) is 0. The van der Waals surface area contributed by atoms with E-state index < -0.39 is 0 Å². The Bertz CT molecular complexity index is 146. The summed E-state index contributed by atoms with van der Waals surface area (Å²) in [5, 5.41) is 3.24. The first kappa shape index (κ1) is 12.4. The molecule has 0 saturated heterocycles. The Morgan fingerprint density at radius 1 is 1.38 bits per heavy atom. The summed E-state index contributed by atoms with van der Waals surface area (Å²) in [5.74, 6) is 0.509. The van der Waals surface area contributed by atoms with Crippen LogP contribution in [0.25, 0.3) is 0 Å². The van der Waals surface area contributed by atoms with E-state index in [4.69, 9.17) is 4.74 Å². The van der Waals surface area contributed by atoms with Gasteiger partial charge in [-0.15, -0.1) is 0 Å². The Hall–Kier alpha value is -0.570. The summed E-state index contributed by atoms with van der Waals surface area (Å²) >= 11 is 0. The molecule has 0 spiro atoms. The number of hydrogen-bond acceptors (Lipinski definition) is 3. The lowest BCUT2D eigenvalue weighted by Crippen LogP contribution is -2.29. The first-order valence-electron chi connectivity index (χ1n) is 4.90. The van der Waals surface area contributed by atoms with Gasteiger partial charge in [0.2, 0.25) is 0 Å². The first-order chi connectivity index (χ1) is 6.02. The fraction of sp³-hybridized carbons (Fsp3) is 0.900. The van der Waals surface area contributed by atoms with Crippen LogP contribution in [0.3, 0.4) is 0 Å². The molecule has 0 bridgehead atoms. The molecule has 1 N–H and O–H groups in total. The summed E-state index contributed by atoms with van der Waals surface area (Å²) in [6.07, 6.45) is 1.14. The molecule has 1 unspecified atom stereocenters. The van der Waals surface area contributed by atoms with Crippen LogP contribution in [0.15, 0.2) is 0 Å². The Labute approximate surface area is 80.8 Å². The number of nitrogens with one attached hydrogen (secondary N) is 1. The first-order valence-corrected chi connectivity index (χ1v) is 4.90. The van der Waals surface area contributed by atoms with Crippen LogP contribution in [0.4, 0.5) is 0 Å². The van der Waals surface area contributed by atoms with Gasteiger partial charge in [-0.25, -0.2) is 0 Å². The molecule has 0 saturated carbocycles. The molecule has 0 aliphatic rings. The Balaban J connectivity index is 3.26. The third-order valence-corrected chi connectivity index (χ3v) is 1.70. The number of carbonyl (C=O) groups excluding carboxylic acids is 1. The second-order valence-corrected chi connectivity index (χ2v) is 3.81. The van der Waals surface area contributed by atoms with E-state index in [0.717, 1.165) is 25.4 Å². The second kappa shape index (κ2) is 6.89. The zero-order valence-electron chi connectivity index (χ0n) is 9.09. The van der Waals surface area contributed by atoms with Crippen molar-refractivity contribution in [2.75, 3.05) is 13.1 Å². The molecule has 3 heteroatoms. The van der Waals surface area contributed by atoms with Crippen molar-refractivity contribution in [3.8, 4) is 0 Å². The van der Waals surface area contributed by atoms with Crippen LogP contribution in [-0.4, -0.2) is 25.2 Å². The van der Waals surface area contributed by atoms with Crippen molar-refractivity contribution < 1.29 is 9.53 Å². The van der Waals surface area contributed by atoms with E-state index in [9.17, 15) is 4.79 Å². The molecule has 3 nitrogen and oxygen atoms in total. The molecular weight excluding hydrogens is 166 g/mol. The van der Waals surface area contributed by atoms with E-state index in [0.29, 0.717) is 0 Å². The lowest BCUT2D eigenvalue weighted by Gasteiger charge is -2.13. The van der Waals surface area contributed by atoms with Gasteiger partial charge in [0.1, 0.15) is 6.10 Å². The molecule has 0 rings (SSSR count). The van der Waals surface area contributed by atoms with Gasteiger partial charge in [0.05, 0.1) is 0 Å². The SMILES string of the molecule is CC(=O)OC(C)CNCCC(C)C. The smallest absolute Gasteiger partial charge is 0.302 e. The highest BCUT2D eigenvalue weighted by atomic mass is 16.5. The number of rotatable bonds is 6. The standard InChI is InChI=1S/C10H21NO2/c1-8(2)5-6-11-7-9(3)13-10(4)12/h8-9,11H,5-7H2,1-4H3. The van der Waals surface area contributed by atoms with E-state index in [1.54, 1.807) is 0 Å². The Morgan fingerprint density at radius 3 is 2.46 bits per heavy atom. The summed E-state index contributed by atoms with van der Waals surface area (Å²) in [5.41, 5.74) is 0. The molecule has 0 aliphatic carbocycles. The van der Waals surface area contributed by atoms with E-state index in [2.05, 4.69) is 19.2 Å². The van der Waals surface area contributed by atoms with E-state index >= 15 is 0 Å². The summed E-state index contributed by atoms with van der Waals surface area (Å²) < 4.78 is 4.96. The Kier molecular flexibility index (Phi) is 6.59. The quantitative estimate of drug-likeness (QED) is 0.507. The molecule has 0 radical (unpaired) electrons. The predicted octanol–water partition coefficient (Wildman–Crippen LogP) is 1.57. The molecule has 0 heterocycles. The van der Waals surface area contributed by atoms with Gasteiger partial charge in [0.25, 0.3) is 0 Å². The minimum absolute atomic E-state index is 0.0235. The van der Waals surface area contributed by atoms with Crippen LogP contribution in [-0.2, 0) is 9.53 Å². The molecule has 78 valence electrons. The highest BCUT2D eigenvalue weighted by Gasteiger charge is 2.03.